The maximum absolute atomic E-state index is 12.9. The minimum atomic E-state index is -0.206. The molecule has 1 atom stereocenters. The predicted octanol–water partition coefficient (Wildman–Crippen LogP) is 2.94. The molecule has 4 rings (SSSR count). The molecular formula is C23H30N6O2. The van der Waals surface area contributed by atoms with Crippen LogP contribution in [-0.4, -0.2) is 56.3 Å². The van der Waals surface area contributed by atoms with Crippen molar-refractivity contribution in [1.82, 2.24) is 30.2 Å². The van der Waals surface area contributed by atoms with Gasteiger partial charge in [-0.15, -0.1) is 5.10 Å². The number of para-hydroxylation sites is 1. The lowest BCUT2D eigenvalue weighted by Gasteiger charge is -2.32. The fourth-order valence-corrected chi connectivity index (χ4v) is 4.08. The molecule has 3 heterocycles. The average Bonchev–Trinajstić information content (AvgIpc) is 3.43. The molecule has 164 valence electrons. The zero-order chi connectivity index (χ0) is 21.8. The van der Waals surface area contributed by atoms with Crippen molar-refractivity contribution >= 4 is 22.7 Å². The van der Waals surface area contributed by atoms with E-state index in [1.54, 1.807) is 10.9 Å². The molecule has 0 radical (unpaired) electrons. The number of likely N-dealkylation sites (tertiary alicyclic amines) is 1. The molecule has 8 nitrogen and oxygen atoms in total. The van der Waals surface area contributed by atoms with Gasteiger partial charge in [0.1, 0.15) is 0 Å². The van der Waals surface area contributed by atoms with Gasteiger partial charge >= 0.3 is 0 Å². The zero-order valence-electron chi connectivity index (χ0n) is 18.2. The Morgan fingerprint density at radius 3 is 2.97 bits per heavy atom. The first-order valence-corrected chi connectivity index (χ1v) is 11.0. The number of aromatic amines is 1. The summed E-state index contributed by atoms with van der Waals surface area (Å²) in [5.41, 5.74) is 2.59. The SMILES string of the molecule is CC(C)CNC(=O)c1cn(C2CCCN(C(=O)CCc3c[nH]c4ccccc34)C2)nn1. The van der Waals surface area contributed by atoms with Gasteiger partial charge in [-0.05, 0) is 36.8 Å². The van der Waals surface area contributed by atoms with Crippen LogP contribution >= 0.6 is 0 Å². The van der Waals surface area contributed by atoms with E-state index < -0.39 is 0 Å². The molecule has 0 aliphatic carbocycles. The largest absolute Gasteiger partial charge is 0.361 e. The van der Waals surface area contributed by atoms with Gasteiger partial charge in [-0.1, -0.05) is 37.3 Å². The quantitative estimate of drug-likeness (QED) is 0.612. The number of nitrogens with one attached hydrogen (secondary N) is 2. The Bertz CT molecular complexity index is 1050. The second-order valence-electron chi connectivity index (χ2n) is 8.68. The molecule has 31 heavy (non-hydrogen) atoms. The number of piperidine rings is 1. The molecule has 1 aliphatic heterocycles. The van der Waals surface area contributed by atoms with E-state index in [0.717, 1.165) is 24.9 Å². The van der Waals surface area contributed by atoms with E-state index >= 15 is 0 Å². The van der Waals surface area contributed by atoms with E-state index in [9.17, 15) is 9.59 Å². The molecule has 0 spiro atoms. The molecule has 1 unspecified atom stereocenters. The summed E-state index contributed by atoms with van der Waals surface area (Å²) >= 11 is 0. The van der Waals surface area contributed by atoms with Gasteiger partial charge in [0.15, 0.2) is 5.69 Å². The first kappa shape index (κ1) is 21.1. The summed E-state index contributed by atoms with van der Waals surface area (Å²) in [5, 5.41) is 12.2. The molecule has 1 fully saturated rings. The normalized spacial score (nSPS) is 16.7. The monoisotopic (exact) mass is 422 g/mol. The van der Waals surface area contributed by atoms with Crippen LogP contribution in [0.3, 0.4) is 0 Å². The van der Waals surface area contributed by atoms with E-state index in [1.807, 2.05) is 43.1 Å². The first-order chi connectivity index (χ1) is 15.0. The number of carbonyl (C=O) groups is 2. The number of aryl methyl sites for hydroxylation is 1. The highest BCUT2D eigenvalue weighted by Crippen LogP contribution is 2.23. The highest BCUT2D eigenvalue weighted by molar-refractivity contribution is 5.91. The van der Waals surface area contributed by atoms with Crippen molar-refractivity contribution in [2.45, 2.75) is 45.6 Å². The zero-order valence-corrected chi connectivity index (χ0v) is 18.2. The number of hydrogen-bond donors (Lipinski definition) is 2. The summed E-state index contributed by atoms with van der Waals surface area (Å²) in [4.78, 5) is 30.3. The molecule has 0 bridgehead atoms. The van der Waals surface area contributed by atoms with Gasteiger partial charge in [0.2, 0.25) is 5.91 Å². The smallest absolute Gasteiger partial charge is 0.273 e. The van der Waals surface area contributed by atoms with Crippen molar-refractivity contribution in [1.29, 1.82) is 0 Å². The van der Waals surface area contributed by atoms with Gasteiger partial charge in [0, 0.05) is 43.2 Å². The maximum atomic E-state index is 12.9. The summed E-state index contributed by atoms with van der Waals surface area (Å²) in [7, 11) is 0. The lowest BCUT2D eigenvalue weighted by atomic mass is 10.0. The number of aromatic nitrogens is 4. The molecule has 2 aromatic heterocycles. The van der Waals surface area contributed by atoms with Crippen molar-refractivity contribution in [2.24, 2.45) is 5.92 Å². The van der Waals surface area contributed by atoms with E-state index in [4.69, 9.17) is 0 Å². The van der Waals surface area contributed by atoms with E-state index in [0.29, 0.717) is 37.5 Å². The third-order valence-electron chi connectivity index (χ3n) is 5.82. The lowest BCUT2D eigenvalue weighted by molar-refractivity contribution is -0.132. The average molecular weight is 423 g/mol. The number of benzene rings is 1. The second-order valence-corrected chi connectivity index (χ2v) is 8.68. The standard InChI is InChI=1S/C23H30N6O2/c1-16(2)12-25-23(31)21-15-29(27-26-21)18-6-5-11-28(14-18)22(30)10-9-17-13-24-20-8-4-3-7-19(17)20/h3-4,7-8,13,15-16,18,24H,5-6,9-12,14H2,1-2H3,(H,25,31). The fourth-order valence-electron chi connectivity index (χ4n) is 4.08. The number of hydrogen-bond acceptors (Lipinski definition) is 4. The van der Waals surface area contributed by atoms with Crippen molar-refractivity contribution < 1.29 is 9.59 Å². The van der Waals surface area contributed by atoms with Crippen LogP contribution < -0.4 is 5.32 Å². The third kappa shape index (κ3) is 4.95. The fraction of sp³-hybridized carbons (Fsp3) is 0.478. The summed E-state index contributed by atoms with van der Waals surface area (Å²) in [6, 6.07) is 8.20. The molecule has 1 aromatic carbocycles. The van der Waals surface area contributed by atoms with Crippen LogP contribution in [0.2, 0.25) is 0 Å². The lowest BCUT2D eigenvalue weighted by Crippen LogP contribution is -2.41. The topological polar surface area (TPSA) is 95.9 Å². The van der Waals surface area contributed by atoms with Crippen LogP contribution in [-0.2, 0) is 11.2 Å². The summed E-state index contributed by atoms with van der Waals surface area (Å²) in [6.45, 7) is 6.06. The second kappa shape index (κ2) is 9.32. The van der Waals surface area contributed by atoms with Crippen molar-refractivity contribution in [3.05, 3.63) is 47.9 Å². The van der Waals surface area contributed by atoms with Crippen molar-refractivity contribution in [3.63, 3.8) is 0 Å². The molecule has 1 aliphatic rings. The first-order valence-electron chi connectivity index (χ1n) is 11.0. The Hall–Kier alpha value is -3.16. The Labute approximate surface area is 182 Å². The van der Waals surface area contributed by atoms with Gasteiger partial charge < -0.3 is 15.2 Å². The number of carbonyl (C=O) groups excluding carboxylic acids is 2. The van der Waals surface area contributed by atoms with Gasteiger partial charge in [0.25, 0.3) is 5.91 Å². The van der Waals surface area contributed by atoms with Crippen molar-refractivity contribution in [2.75, 3.05) is 19.6 Å². The van der Waals surface area contributed by atoms with E-state index in [1.165, 1.54) is 10.9 Å². The van der Waals surface area contributed by atoms with Gasteiger partial charge in [-0.25, -0.2) is 4.68 Å². The summed E-state index contributed by atoms with van der Waals surface area (Å²) in [5.74, 6) is 0.327. The number of amides is 2. The molecule has 1 saturated heterocycles. The Morgan fingerprint density at radius 1 is 1.29 bits per heavy atom. The van der Waals surface area contributed by atoms with E-state index in [2.05, 4.69) is 26.7 Å². The summed E-state index contributed by atoms with van der Waals surface area (Å²) in [6.07, 6.45) is 6.72. The van der Waals surface area contributed by atoms with Crippen LogP contribution in [0.15, 0.2) is 36.7 Å². The van der Waals surface area contributed by atoms with Crippen LogP contribution in [0.5, 0.6) is 0 Å². The molecular weight excluding hydrogens is 392 g/mol. The molecule has 3 aromatic rings. The van der Waals surface area contributed by atoms with Crippen LogP contribution in [0.1, 0.15) is 55.2 Å². The molecule has 0 saturated carbocycles. The minimum absolute atomic E-state index is 0.0462. The van der Waals surface area contributed by atoms with Crippen LogP contribution in [0, 0.1) is 5.92 Å². The Balaban J connectivity index is 1.34. The van der Waals surface area contributed by atoms with E-state index in [-0.39, 0.29) is 17.9 Å². The third-order valence-corrected chi connectivity index (χ3v) is 5.82. The molecule has 2 amide bonds. The highest BCUT2D eigenvalue weighted by atomic mass is 16.2. The summed E-state index contributed by atoms with van der Waals surface area (Å²) < 4.78 is 1.74. The highest BCUT2D eigenvalue weighted by Gasteiger charge is 2.26. The number of nitrogens with zero attached hydrogens (tertiary/aromatic N) is 4. The van der Waals surface area contributed by atoms with Gasteiger partial charge in [-0.3, -0.25) is 9.59 Å². The van der Waals surface area contributed by atoms with Crippen LogP contribution in [0.25, 0.3) is 10.9 Å². The Kier molecular flexibility index (Phi) is 6.34. The maximum Gasteiger partial charge on any atom is 0.273 e. The van der Waals surface area contributed by atoms with Crippen molar-refractivity contribution in [3.8, 4) is 0 Å². The predicted molar refractivity (Wildman–Crippen MR) is 119 cm³/mol. The minimum Gasteiger partial charge on any atom is -0.361 e. The number of rotatable bonds is 7. The Morgan fingerprint density at radius 2 is 2.13 bits per heavy atom. The van der Waals surface area contributed by atoms with Crippen LogP contribution in [0.4, 0.5) is 0 Å². The molecule has 8 heteroatoms. The number of fused-ring (bicyclic) bond motifs is 1. The van der Waals surface area contributed by atoms with Gasteiger partial charge in [-0.2, -0.15) is 0 Å². The number of H-pyrrole nitrogens is 1. The van der Waals surface area contributed by atoms with Gasteiger partial charge in [0.05, 0.1) is 12.2 Å². The molecule has 2 N–H and O–H groups in total.